The molecular weight excluding hydrogens is 248 g/mol. The summed E-state index contributed by atoms with van der Waals surface area (Å²) in [5, 5.41) is 10.3. The van der Waals surface area contributed by atoms with E-state index in [1.807, 2.05) is 20.8 Å². The summed E-state index contributed by atoms with van der Waals surface area (Å²) in [4.78, 5) is 3.00. The third-order valence-electron chi connectivity index (χ3n) is 3.72. The lowest BCUT2D eigenvalue weighted by Gasteiger charge is -2.14. The van der Waals surface area contributed by atoms with Crippen LogP contribution in [0.1, 0.15) is 39.7 Å². The van der Waals surface area contributed by atoms with E-state index in [2.05, 4.69) is 4.98 Å². The third-order valence-corrected chi connectivity index (χ3v) is 3.72. The summed E-state index contributed by atoms with van der Waals surface area (Å²) in [7, 11) is 0. The number of aliphatic hydroxyl groups excluding tert-OH is 1. The number of hydrogen-bond acceptors (Lipinski definition) is 1. The number of aromatic amines is 1. The van der Waals surface area contributed by atoms with Gasteiger partial charge in [-0.1, -0.05) is 6.07 Å². The monoisotopic (exact) mass is 265 g/mol. The molecule has 102 valence electrons. The van der Waals surface area contributed by atoms with E-state index in [0.717, 1.165) is 16.8 Å². The van der Waals surface area contributed by atoms with Crippen LogP contribution < -0.4 is 0 Å². The zero-order valence-corrected chi connectivity index (χ0v) is 11.4. The van der Waals surface area contributed by atoms with E-state index in [-0.39, 0.29) is 5.56 Å². The number of aryl methyl sites for hydroxylation is 2. The summed E-state index contributed by atoms with van der Waals surface area (Å²) in [6.07, 6.45) is -1.33. The first-order chi connectivity index (χ1) is 8.84. The van der Waals surface area contributed by atoms with Gasteiger partial charge in [-0.15, -0.1) is 0 Å². The minimum Gasteiger partial charge on any atom is -0.382 e. The molecular formula is C15H17F2NO. The van der Waals surface area contributed by atoms with Gasteiger partial charge in [0.15, 0.2) is 0 Å². The molecule has 0 aliphatic carbocycles. The molecule has 2 N–H and O–H groups in total. The Kier molecular flexibility index (Phi) is 3.45. The van der Waals surface area contributed by atoms with E-state index in [9.17, 15) is 13.9 Å². The Balaban J connectivity index is 2.59. The first-order valence-electron chi connectivity index (χ1n) is 6.12. The van der Waals surface area contributed by atoms with Crippen LogP contribution in [0.4, 0.5) is 8.78 Å². The molecule has 2 nitrogen and oxygen atoms in total. The molecule has 0 aliphatic rings. The maximum Gasteiger partial charge on any atom is 0.135 e. The second-order valence-electron chi connectivity index (χ2n) is 4.91. The maximum atomic E-state index is 14.0. The zero-order chi connectivity index (χ0) is 14.3. The van der Waals surface area contributed by atoms with Crippen molar-refractivity contribution in [2.45, 2.75) is 33.8 Å². The van der Waals surface area contributed by atoms with Crippen molar-refractivity contribution in [1.29, 1.82) is 0 Å². The van der Waals surface area contributed by atoms with Gasteiger partial charge in [0.25, 0.3) is 0 Å². The van der Waals surface area contributed by atoms with Crippen molar-refractivity contribution in [1.82, 2.24) is 4.98 Å². The van der Waals surface area contributed by atoms with Crippen molar-refractivity contribution in [2.75, 3.05) is 0 Å². The van der Waals surface area contributed by atoms with Gasteiger partial charge in [-0.3, -0.25) is 0 Å². The van der Waals surface area contributed by atoms with Crippen LogP contribution >= 0.6 is 0 Å². The van der Waals surface area contributed by atoms with Crippen molar-refractivity contribution in [2.24, 2.45) is 0 Å². The average Bonchev–Trinajstić information content (AvgIpc) is 2.62. The Hall–Kier alpha value is -1.68. The first-order valence-corrected chi connectivity index (χ1v) is 6.12. The average molecular weight is 265 g/mol. The number of aromatic nitrogens is 1. The van der Waals surface area contributed by atoms with E-state index >= 15 is 0 Å². The predicted molar refractivity (Wildman–Crippen MR) is 70.2 cm³/mol. The van der Waals surface area contributed by atoms with Gasteiger partial charge in [0.1, 0.15) is 17.7 Å². The molecule has 0 amide bonds. The fourth-order valence-corrected chi connectivity index (χ4v) is 2.22. The zero-order valence-electron chi connectivity index (χ0n) is 11.4. The molecule has 0 saturated heterocycles. The summed E-state index contributed by atoms with van der Waals surface area (Å²) >= 11 is 0. The van der Waals surface area contributed by atoms with Gasteiger partial charge in [-0.05, 0) is 50.5 Å². The van der Waals surface area contributed by atoms with Crippen LogP contribution in [0.15, 0.2) is 12.1 Å². The number of H-pyrrole nitrogens is 1. The number of aliphatic hydroxyl groups is 1. The Morgan fingerprint density at radius 2 is 1.68 bits per heavy atom. The van der Waals surface area contributed by atoms with E-state index in [1.54, 1.807) is 6.92 Å². The highest BCUT2D eigenvalue weighted by atomic mass is 19.1. The quantitative estimate of drug-likeness (QED) is 0.855. The minimum absolute atomic E-state index is 0.302. The first kappa shape index (κ1) is 13.7. The minimum atomic E-state index is -1.33. The molecule has 19 heavy (non-hydrogen) atoms. The molecule has 1 heterocycles. The molecule has 0 aliphatic heterocycles. The number of nitrogens with one attached hydrogen (secondary N) is 1. The summed E-state index contributed by atoms with van der Waals surface area (Å²) < 4.78 is 27.8. The normalized spacial score (nSPS) is 12.8. The van der Waals surface area contributed by atoms with E-state index in [1.165, 1.54) is 12.1 Å². The summed E-state index contributed by atoms with van der Waals surface area (Å²) in [6, 6.07) is 2.54. The molecule has 4 heteroatoms. The summed E-state index contributed by atoms with van der Waals surface area (Å²) in [5.41, 5.74) is 3.16. The Labute approximate surface area is 111 Å². The van der Waals surface area contributed by atoms with Crippen molar-refractivity contribution in [3.05, 3.63) is 57.4 Å². The lowest BCUT2D eigenvalue weighted by molar-refractivity contribution is 0.204. The topological polar surface area (TPSA) is 36.0 Å². The lowest BCUT2D eigenvalue weighted by atomic mass is 9.99. The molecule has 2 rings (SSSR count). The standard InChI is InChI=1S/C15H17F2NO/c1-7-5-6-11(16)12(13(7)17)15(19)14-9(3)8(2)10(4)18-14/h5-6,15,18-19H,1-4H3. The van der Waals surface area contributed by atoms with Crippen LogP contribution in [0, 0.1) is 39.3 Å². The molecule has 1 unspecified atom stereocenters. The number of hydrogen-bond donors (Lipinski definition) is 2. The number of benzene rings is 1. The molecule has 0 saturated carbocycles. The van der Waals surface area contributed by atoms with Gasteiger partial charge in [0, 0.05) is 5.69 Å². The van der Waals surface area contributed by atoms with Crippen molar-refractivity contribution in [3.63, 3.8) is 0 Å². The van der Waals surface area contributed by atoms with Crippen LogP contribution in [0.25, 0.3) is 0 Å². The van der Waals surface area contributed by atoms with Crippen LogP contribution in [0.5, 0.6) is 0 Å². The molecule has 1 aromatic carbocycles. The molecule has 2 aromatic rings. The van der Waals surface area contributed by atoms with E-state index in [0.29, 0.717) is 11.3 Å². The SMILES string of the molecule is Cc1ccc(F)c(C(O)c2[nH]c(C)c(C)c2C)c1F. The maximum absolute atomic E-state index is 14.0. The lowest BCUT2D eigenvalue weighted by Crippen LogP contribution is -2.08. The van der Waals surface area contributed by atoms with Crippen molar-refractivity contribution < 1.29 is 13.9 Å². The van der Waals surface area contributed by atoms with Crippen LogP contribution in [0.3, 0.4) is 0 Å². The third kappa shape index (κ3) is 2.16. The van der Waals surface area contributed by atoms with Gasteiger partial charge in [-0.2, -0.15) is 0 Å². The highest BCUT2D eigenvalue weighted by molar-refractivity contribution is 5.40. The van der Waals surface area contributed by atoms with Crippen molar-refractivity contribution in [3.8, 4) is 0 Å². The van der Waals surface area contributed by atoms with E-state index < -0.39 is 17.7 Å². The highest BCUT2D eigenvalue weighted by Gasteiger charge is 2.24. The highest BCUT2D eigenvalue weighted by Crippen LogP contribution is 2.31. The van der Waals surface area contributed by atoms with Gasteiger partial charge in [-0.25, -0.2) is 8.78 Å². The largest absolute Gasteiger partial charge is 0.382 e. The fraction of sp³-hybridized carbons (Fsp3) is 0.333. The smallest absolute Gasteiger partial charge is 0.135 e. The van der Waals surface area contributed by atoms with Crippen molar-refractivity contribution >= 4 is 0 Å². The second-order valence-corrected chi connectivity index (χ2v) is 4.91. The van der Waals surface area contributed by atoms with Crippen LogP contribution in [-0.2, 0) is 0 Å². The number of rotatable bonds is 2. The van der Waals surface area contributed by atoms with Crippen LogP contribution in [-0.4, -0.2) is 10.1 Å². The molecule has 0 fully saturated rings. The Bertz CT molecular complexity index is 632. The van der Waals surface area contributed by atoms with Gasteiger partial charge in [0.2, 0.25) is 0 Å². The Morgan fingerprint density at radius 3 is 2.21 bits per heavy atom. The molecule has 1 atom stereocenters. The van der Waals surface area contributed by atoms with Crippen LogP contribution in [0.2, 0.25) is 0 Å². The number of halogens is 2. The second kappa shape index (κ2) is 4.78. The molecule has 0 bridgehead atoms. The Morgan fingerprint density at radius 1 is 1.05 bits per heavy atom. The van der Waals surface area contributed by atoms with E-state index in [4.69, 9.17) is 0 Å². The fourth-order valence-electron chi connectivity index (χ4n) is 2.22. The predicted octanol–water partition coefficient (Wildman–Crippen LogP) is 3.61. The van der Waals surface area contributed by atoms with Gasteiger partial charge in [0.05, 0.1) is 11.3 Å². The summed E-state index contributed by atoms with van der Waals surface area (Å²) in [5.74, 6) is -1.43. The molecule has 0 spiro atoms. The molecule has 1 aromatic heterocycles. The summed E-state index contributed by atoms with van der Waals surface area (Å²) in [6.45, 7) is 7.13. The molecule has 0 radical (unpaired) electrons. The van der Waals surface area contributed by atoms with Gasteiger partial charge < -0.3 is 10.1 Å². The van der Waals surface area contributed by atoms with Gasteiger partial charge >= 0.3 is 0 Å².